The second kappa shape index (κ2) is 7.20. The standard InChI is InChI=1S/C15H23N3O4/c1-6-10(2)13(14(19)22-15(3,4)5)17-12-8-7-11(9-16-12)18(20)21/h7-10,13H,6H2,1-5H3,(H,16,17)/t10-,13-/m0/s1. The third kappa shape index (κ3) is 5.31. The van der Waals surface area contributed by atoms with Gasteiger partial charge in [0.15, 0.2) is 0 Å². The Bertz CT molecular complexity index is 523. The van der Waals surface area contributed by atoms with Crippen LogP contribution in [0.2, 0.25) is 0 Å². The molecule has 0 amide bonds. The van der Waals surface area contributed by atoms with Gasteiger partial charge in [0.05, 0.1) is 4.92 Å². The molecule has 0 aromatic carbocycles. The van der Waals surface area contributed by atoms with Crippen LogP contribution in [0.4, 0.5) is 11.5 Å². The predicted octanol–water partition coefficient (Wildman–Crippen LogP) is 3.16. The Morgan fingerprint density at radius 2 is 2.09 bits per heavy atom. The molecule has 1 rings (SSSR count). The van der Waals surface area contributed by atoms with Crippen molar-refractivity contribution in [3.05, 3.63) is 28.4 Å². The third-order valence-corrected chi connectivity index (χ3v) is 3.14. The first-order chi connectivity index (χ1) is 10.1. The average molecular weight is 309 g/mol. The predicted molar refractivity (Wildman–Crippen MR) is 83.6 cm³/mol. The third-order valence-electron chi connectivity index (χ3n) is 3.14. The smallest absolute Gasteiger partial charge is 0.329 e. The molecule has 1 aromatic rings. The molecular formula is C15H23N3O4. The van der Waals surface area contributed by atoms with E-state index in [1.165, 1.54) is 12.1 Å². The van der Waals surface area contributed by atoms with Crippen molar-refractivity contribution in [2.45, 2.75) is 52.7 Å². The zero-order chi connectivity index (χ0) is 16.9. The number of rotatable bonds is 6. The van der Waals surface area contributed by atoms with Gasteiger partial charge in [0.25, 0.3) is 5.69 Å². The monoisotopic (exact) mass is 309 g/mol. The number of nitro groups is 1. The number of hydrogen-bond acceptors (Lipinski definition) is 6. The minimum atomic E-state index is -0.576. The molecule has 7 heteroatoms. The number of nitrogens with one attached hydrogen (secondary N) is 1. The van der Waals surface area contributed by atoms with Crippen LogP contribution >= 0.6 is 0 Å². The molecule has 22 heavy (non-hydrogen) atoms. The van der Waals surface area contributed by atoms with Crippen molar-refractivity contribution < 1.29 is 14.5 Å². The molecule has 122 valence electrons. The molecule has 2 atom stereocenters. The fourth-order valence-electron chi connectivity index (χ4n) is 1.77. The maximum absolute atomic E-state index is 12.3. The average Bonchev–Trinajstić information content (AvgIpc) is 2.42. The first kappa shape index (κ1) is 17.9. The number of hydrogen-bond donors (Lipinski definition) is 1. The molecule has 0 aliphatic carbocycles. The van der Waals surface area contributed by atoms with Gasteiger partial charge in [-0.2, -0.15) is 0 Å². The van der Waals surface area contributed by atoms with Crippen LogP contribution in [-0.4, -0.2) is 27.5 Å². The SMILES string of the molecule is CC[C@H](C)[C@H](Nc1ccc([N+](=O)[O-])cn1)C(=O)OC(C)(C)C. The largest absolute Gasteiger partial charge is 0.458 e. The topological polar surface area (TPSA) is 94.4 Å². The van der Waals surface area contributed by atoms with Gasteiger partial charge in [-0.3, -0.25) is 10.1 Å². The highest BCUT2D eigenvalue weighted by Gasteiger charge is 2.29. The number of ether oxygens (including phenoxy) is 1. The Balaban J connectivity index is 2.89. The first-order valence-electron chi connectivity index (χ1n) is 7.24. The zero-order valence-electron chi connectivity index (χ0n) is 13.6. The molecule has 0 radical (unpaired) electrons. The molecule has 0 unspecified atom stereocenters. The van der Waals surface area contributed by atoms with Gasteiger partial charge in [0, 0.05) is 6.07 Å². The minimum Gasteiger partial charge on any atom is -0.458 e. The van der Waals surface area contributed by atoms with E-state index in [0.717, 1.165) is 12.6 Å². The van der Waals surface area contributed by atoms with E-state index in [9.17, 15) is 14.9 Å². The Labute approximate surface area is 130 Å². The molecule has 0 saturated heterocycles. The number of carbonyl (C=O) groups excluding carboxylic acids is 1. The molecule has 0 aliphatic rings. The zero-order valence-corrected chi connectivity index (χ0v) is 13.6. The molecule has 1 heterocycles. The Morgan fingerprint density at radius 3 is 2.50 bits per heavy atom. The van der Waals surface area contributed by atoms with E-state index in [1.807, 2.05) is 34.6 Å². The van der Waals surface area contributed by atoms with Crippen LogP contribution in [-0.2, 0) is 9.53 Å². The van der Waals surface area contributed by atoms with Crippen LogP contribution in [0, 0.1) is 16.0 Å². The van der Waals surface area contributed by atoms with Gasteiger partial charge < -0.3 is 10.1 Å². The highest BCUT2D eigenvalue weighted by Crippen LogP contribution is 2.19. The van der Waals surface area contributed by atoms with Crippen molar-refractivity contribution >= 4 is 17.5 Å². The fourth-order valence-corrected chi connectivity index (χ4v) is 1.77. The lowest BCUT2D eigenvalue weighted by Gasteiger charge is -2.27. The second-order valence-electron chi connectivity index (χ2n) is 6.20. The van der Waals surface area contributed by atoms with Crippen molar-refractivity contribution in [2.24, 2.45) is 5.92 Å². The molecule has 1 aromatic heterocycles. The number of esters is 1. The van der Waals surface area contributed by atoms with Gasteiger partial charge in [-0.15, -0.1) is 0 Å². The van der Waals surface area contributed by atoms with Gasteiger partial charge >= 0.3 is 5.97 Å². The van der Waals surface area contributed by atoms with Crippen LogP contribution in [0.1, 0.15) is 41.0 Å². The highest BCUT2D eigenvalue weighted by molar-refractivity contribution is 5.79. The van der Waals surface area contributed by atoms with E-state index < -0.39 is 16.6 Å². The lowest BCUT2D eigenvalue weighted by Crippen LogP contribution is -2.40. The molecule has 0 bridgehead atoms. The number of carbonyl (C=O) groups is 1. The van der Waals surface area contributed by atoms with Gasteiger partial charge in [-0.25, -0.2) is 9.78 Å². The normalized spacial score (nSPS) is 14.0. The van der Waals surface area contributed by atoms with Gasteiger partial charge in [0.2, 0.25) is 0 Å². The van der Waals surface area contributed by atoms with E-state index >= 15 is 0 Å². The van der Waals surface area contributed by atoms with E-state index in [-0.39, 0.29) is 17.6 Å². The Morgan fingerprint density at radius 1 is 1.45 bits per heavy atom. The van der Waals surface area contributed by atoms with Crippen molar-refractivity contribution in [1.82, 2.24) is 4.98 Å². The summed E-state index contributed by atoms with van der Waals surface area (Å²) in [7, 11) is 0. The molecule has 0 aliphatic heterocycles. The van der Waals surface area contributed by atoms with E-state index in [0.29, 0.717) is 5.82 Å². The summed E-state index contributed by atoms with van der Waals surface area (Å²) in [6, 6.07) is 2.27. The van der Waals surface area contributed by atoms with Crippen LogP contribution in [0.5, 0.6) is 0 Å². The molecule has 0 fully saturated rings. The van der Waals surface area contributed by atoms with Crippen molar-refractivity contribution in [1.29, 1.82) is 0 Å². The summed E-state index contributed by atoms with van der Waals surface area (Å²) in [4.78, 5) is 26.4. The van der Waals surface area contributed by atoms with Gasteiger partial charge in [0.1, 0.15) is 23.7 Å². The number of anilines is 1. The Hall–Kier alpha value is -2.18. The summed E-state index contributed by atoms with van der Waals surface area (Å²) in [5.74, 6) is 0.0793. The van der Waals surface area contributed by atoms with Crippen molar-refractivity contribution in [3.8, 4) is 0 Å². The summed E-state index contributed by atoms with van der Waals surface area (Å²) in [6.07, 6.45) is 1.94. The van der Waals surface area contributed by atoms with Crippen molar-refractivity contribution in [2.75, 3.05) is 5.32 Å². The van der Waals surface area contributed by atoms with Gasteiger partial charge in [-0.05, 0) is 32.8 Å². The van der Waals surface area contributed by atoms with Crippen LogP contribution in [0.25, 0.3) is 0 Å². The van der Waals surface area contributed by atoms with Crippen LogP contribution < -0.4 is 5.32 Å². The molecule has 1 N–H and O–H groups in total. The van der Waals surface area contributed by atoms with Crippen LogP contribution in [0.15, 0.2) is 18.3 Å². The fraction of sp³-hybridized carbons (Fsp3) is 0.600. The lowest BCUT2D eigenvalue weighted by molar-refractivity contribution is -0.385. The van der Waals surface area contributed by atoms with Gasteiger partial charge in [-0.1, -0.05) is 20.3 Å². The first-order valence-corrected chi connectivity index (χ1v) is 7.24. The molecule has 0 spiro atoms. The summed E-state index contributed by atoms with van der Waals surface area (Å²) in [5, 5.41) is 13.6. The lowest BCUT2D eigenvalue weighted by atomic mass is 9.99. The molecule has 0 saturated carbocycles. The number of nitrogens with zero attached hydrogens (tertiary/aromatic N) is 2. The van der Waals surface area contributed by atoms with Crippen molar-refractivity contribution in [3.63, 3.8) is 0 Å². The summed E-state index contributed by atoms with van der Waals surface area (Å²) >= 11 is 0. The summed E-state index contributed by atoms with van der Waals surface area (Å²) < 4.78 is 5.42. The summed E-state index contributed by atoms with van der Waals surface area (Å²) in [6.45, 7) is 9.34. The molecule has 7 nitrogen and oxygen atoms in total. The number of pyridine rings is 1. The summed E-state index contributed by atoms with van der Waals surface area (Å²) in [5.41, 5.74) is -0.671. The quantitative estimate of drug-likeness (QED) is 0.493. The maximum Gasteiger partial charge on any atom is 0.329 e. The van der Waals surface area contributed by atoms with E-state index in [2.05, 4.69) is 10.3 Å². The molecular weight excluding hydrogens is 286 g/mol. The van der Waals surface area contributed by atoms with E-state index in [1.54, 1.807) is 0 Å². The van der Waals surface area contributed by atoms with Crippen LogP contribution in [0.3, 0.4) is 0 Å². The highest BCUT2D eigenvalue weighted by atomic mass is 16.6. The maximum atomic E-state index is 12.3. The second-order valence-corrected chi connectivity index (χ2v) is 6.20. The Kier molecular flexibility index (Phi) is 5.84. The number of aromatic nitrogens is 1. The van der Waals surface area contributed by atoms with E-state index in [4.69, 9.17) is 4.74 Å². The minimum absolute atomic E-state index is 0.0341.